The molecule has 0 unspecified atom stereocenters. The van der Waals surface area contributed by atoms with Gasteiger partial charge in [-0.25, -0.2) is 0 Å². The maximum absolute atomic E-state index is 10.4. The molecule has 1 fully saturated rings. The van der Waals surface area contributed by atoms with Crippen molar-refractivity contribution in [2.24, 2.45) is 17.8 Å². The van der Waals surface area contributed by atoms with Gasteiger partial charge in [-0.2, -0.15) is 0 Å². The third kappa shape index (κ3) is 5.05. The quantitative estimate of drug-likeness (QED) is 0.508. The van der Waals surface area contributed by atoms with E-state index in [1.54, 1.807) is 0 Å². The minimum absolute atomic E-state index is 0.190. The number of aryl methyl sites for hydroxylation is 1. The minimum Gasteiger partial charge on any atom is -0.392 e. The Bertz CT molecular complexity index is 610. The average Bonchev–Trinajstić information content (AvgIpc) is 3.16. The Hall–Kier alpha value is -1.45. The number of fused-ring (bicyclic) bond motifs is 1. The van der Waals surface area contributed by atoms with Gasteiger partial charge < -0.3 is 10.2 Å². The number of pyridine rings is 1. The molecule has 0 spiro atoms. The minimum atomic E-state index is -0.367. The number of hydrogen-bond donors (Lipinski definition) is 2. The van der Waals surface area contributed by atoms with Crippen molar-refractivity contribution in [3.05, 3.63) is 53.9 Å². The zero-order chi connectivity index (χ0) is 18.4. The number of rotatable bonds is 9. The number of unbranched alkanes of at least 4 members (excludes halogenated alkanes) is 2. The Labute approximate surface area is 157 Å². The monoisotopic (exact) mass is 355 g/mol. The lowest BCUT2D eigenvalue weighted by atomic mass is 9.88. The molecule has 0 aromatic carbocycles. The summed E-state index contributed by atoms with van der Waals surface area (Å²) in [7, 11) is 0. The lowest BCUT2D eigenvalue weighted by molar-refractivity contribution is 0.139. The van der Waals surface area contributed by atoms with Crippen LogP contribution in [0.25, 0.3) is 0 Å². The first kappa shape index (κ1) is 19.3. The number of aliphatic hydroxyl groups excluding tert-OH is 2. The van der Waals surface area contributed by atoms with E-state index in [1.165, 1.54) is 24.0 Å². The van der Waals surface area contributed by atoms with Crippen molar-refractivity contribution in [3.8, 4) is 0 Å². The molecule has 1 saturated carbocycles. The van der Waals surface area contributed by atoms with E-state index in [4.69, 9.17) is 0 Å². The highest BCUT2D eigenvalue weighted by atomic mass is 16.3. The molecule has 1 aromatic rings. The van der Waals surface area contributed by atoms with Crippen molar-refractivity contribution in [1.82, 2.24) is 4.98 Å². The predicted octanol–water partition coefficient (Wildman–Crippen LogP) is 4.45. The summed E-state index contributed by atoms with van der Waals surface area (Å²) in [6.45, 7) is 2.18. The third-order valence-electron chi connectivity index (χ3n) is 6.09. The highest BCUT2D eigenvalue weighted by Crippen LogP contribution is 2.48. The van der Waals surface area contributed by atoms with E-state index in [2.05, 4.69) is 36.2 Å². The molecule has 2 N–H and O–H groups in total. The van der Waals surface area contributed by atoms with Gasteiger partial charge in [0.25, 0.3) is 0 Å². The summed E-state index contributed by atoms with van der Waals surface area (Å²) in [5.41, 5.74) is 2.87. The molecular formula is C23H33NO2. The number of hydrogen-bond acceptors (Lipinski definition) is 3. The number of aliphatic hydroxyl groups is 2. The lowest BCUT2D eigenvalue weighted by Crippen LogP contribution is -2.18. The molecular weight excluding hydrogens is 322 g/mol. The van der Waals surface area contributed by atoms with E-state index in [0.29, 0.717) is 11.8 Å². The molecule has 0 bridgehead atoms. The largest absolute Gasteiger partial charge is 0.392 e. The summed E-state index contributed by atoms with van der Waals surface area (Å²) in [5.74, 6) is 1.20. The Morgan fingerprint density at radius 1 is 1.23 bits per heavy atom. The van der Waals surface area contributed by atoms with Crippen molar-refractivity contribution in [3.63, 3.8) is 0 Å². The molecule has 5 atom stereocenters. The highest BCUT2D eigenvalue weighted by molar-refractivity contribution is 5.22. The van der Waals surface area contributed by atoms with Crippen LogP contribution in [0.5, 0.6) is 0 Å². The number of aromatic nitrogens is 1. The van der Waals surface area contributed by atoms with Crippen molar-refractivity contribution in [1.29, 1.82) is 0 Å². The van der Waals surface area contributed by atoms with Crippen LogP contribution in [0.2, 0.25) is 0 Å². The first-order valence-corrected chi connectivity index (χ1v) is 10.3. The summed E-state index contributed by atoms with van der Waals surface area (Å²) in [5, 5.41) is 20.6. The van der Waals surface area contributed by atoms with Crippen LogP contribution in [0.15, 0.2) is 48.3 Å². The van der Waals surface area contributed by atoms with Crippen LogP contribution < -0.4 is 0 Å². The molecule has 2 aliphatic carbocycles. The van der Waals surface area contributed by atoms with E-state index in [1.807, 2.05) is 18.5 Å². The van der Waals surface area contributed by atoms with Crippen LogP contribution in [0.4, 0.5) is 0 Å². The maximum Gasteiger partial charge on any atom is 0.0721 e. The Morgan fingerprint density at radius 2 is 2.04 bits per heavy atom. The van der Waals surface area contributed by atoms with Crippen LogP contribution in [-0.2, 0) is 6.42 Å². The molecule has 2 aliphatic rings. The lowest BCUT2D eigenvalue weighted by Gasteiger charge is -2.19. The summed E-state index contributed by atoms with van der Waals surface area (Å²) >= 11 is 0. The molecule has 3 heteroatoms. The van der Waals surface area contributed by atoms with Gasteiger partial charge in [0.1, 0.15) is 0 Å². The van der Waals surface area contributed by atoms with Crippen LogP contribution in [0.1, 0.15) is 57.4 Å². The second kappa shape index (κ2) is 9.48. The average molecular weight is 356 g/mol. The summed E-state index contributed by atoms with van der Waals surface area (Å²) < 4.78 is 0. The first-order chi connectivity index (χ1) is 12.7. The van der Waals surface area contributed by atoms with Gasteiger partial charge in [-0.15, -0.1) is 0 Å². The topological polar surface area (TPSA) is 53.4 Å². The molecule has 1 heterocycles. The van der Waals surface area contributed by atoms with Gasteiger partial charge in [0.15, 0.2) is 0 Å². The SMILES string of the molecule is CCCCC[C@H](O)/C=C/[C@@H]1[C@H]2CC(CCc3ccncc3)=C[C@H]2C[C@H]1O. The molecule has 0 saturated heterocycles. The molecule has 26 heavy (non-hydrogen) atoms. The molecule has 142 valence electrons. The summed E-state index contributed by atoms with van der Waals surface area (Å²) in [4.78, 5) is 4.08. The van der Waals surface area contributed by atoms with Crippen LogP contribution in [0, 0.1) is 17.8 Å². The van der Waals surface area contributed by atoms with Gasteiger partial charge in [0.05, 0.1) is 12.2 Å². The van der Waals surface area contributed by atoms with E-state index < -0.39 is 0 Å². The van der Waals surface area contributed by atoms with Gasteiger partial charge in [0, 0.05) is 18.3 Å². The van der Waals surface area contributed by atoms with E-state index >= 15 is 0 Å². The fraction of sp³-hybridized carbons (Fsp3) is 0.609. The van der Waals surface area contributed by atoms with Crippen LogP contribution in [0.3, 0.4) is 0 Å². The zero-order valence-corrected chi connectivity index (χ0v) is 15.9. The van der Waals surface area contributed by atoms with Crippen LogP contribution >= 0.6 is 0 Å². The van der Waals surface area contributed by atoms with E-state index in [9.17, 15) is 10.2 Å². The van der Waals surface area contributed by atoms with Gasteiger partial charge in [-0.3, -0.25) is 4.98 Å². The molecule has 3 nitrogen and oxygen atoms in total. The van der Waals surface area contributed by atoms with Gasteiger partial charge in [-0.05, 0) is 61.6 Å². The van der Waals surface area contributed by atoms with Gasteiger partial charge in [-0.1, -0.05) is 50.0 Å². The standard InChI is InChI=1S/C23H33NO2/c1-2-3-4-5-20(25)8-9-21-22-15-18(14-19(22)16-23(21)26)7-6-17-10-12-24-13-11-17/h8-14,19-23,25-26H,2-7,15-16H2,1H3/b9-8+/t19-,20-,21+,22-,23+/m0/s1. The molecule has 3 rings (SSSR count). The van der Waals surface area contributed by atoms with E-state index in [0.717, 1.165) is 38.5 Å². The molecule has 0 amide bonds. The molecule has 1 aromatic heterocycles. The Kier molecular flexibility index (Phi) is 7.04. The molecule has 0 radical (unpaired) electrons. The smallest absolute Gasteiger partial charge is 0.0721 e. The number of nitrogens with zero attached hydrogens (tertiary/aromatic N) is 1. The zero-order valence-electron chi connectivity index (χ0n) is 15.9. The first-order valence-electron chi connectivity index (χ1n) is 10.3. The third-order valence-corrected chi connectivity index (χ3v) is 6.09. The van der Waals surface area contributed by atoms with Crippen molar-refractivity contribution < 1.29 is 10.2 Å². The van der Waals surface area contributed by atoms with Crippen molar-refractivity contribution >= 4 is 0 Å². The Morgan fingerprint density at radius 3 is 2.81 bits per heavy atom. The summed E-state index contributed by atoms with van der Waals surface area (Å²) in [6.07, 6.45) is 17.9. The predicted molar refractivity (Wildman–Crippen MR) is 106 cm³/mol. The second-order valence-corrected chi connectivity index (χ2v) is 8.04. The fourth-order valence-corrected chi connectivity index (χ4v) is 4.60. The second-order valence-electron chi connectivity index (χ2n) is 8.04. The Balaban J connectivity index is 1.50. The highest BCUT2D eigenvalue weighted by Gasteiger charge is 2.43. The normalized spacial score (nSPS) is 29.1. The van der Waals surface area contributed by atoms with Crippen molar-refractivity contribution in [2.75, 3.05) is 0 Å². The van der Waals surface area contributed by atoms with Crippen molar-refractivity contribution in [2.45, 2.75) is 70.5 Å². The fourth-order valence-electron chi connectivity index (χ4n) is 4.60. The number of allylic oxidation sites excluding steroid dienone is 2. The van der Waals surface area contributed by atoms with Gasteiger partial charge >= 0.3 is 0 Å². The van der Waals surface area contributed by atoms with E-state index in [-0.39, 0.29) is 18.1 Å². The maximum atomic E-state index is 10.4. The van der Waals surface area contributed by atoms with Crippen LogP contribution in [-0.4, -0.2) is 27.4 Å². The van der Waals surface area contributed by atoms with Gasteiger partial charge in [0.2, 0.25) is 0 Å². The molecule has 0 aliphatic heterocycles. The summed E-state index contributed by atoms with van der Waals surface area (Å²) in [6, 6.07) is 4.18.